The first-order valence-electron chi connectivity index (χ1n) is 6.89. The van der Waals surface area contributed by atoms with Crippen LogP contribution in [0.3, 0.4) is 0 Å². The molecule has 0 spiro atoms. The highest BCUT2D eigenvalue weighted by Gasteiger charge is 2.35. The molecule has 0 bridgehead atoms. The number of carboxylic acid groups (broad SMARTS) is 1. The fourth-order valence-corrected chi connectivity index (χ4v) is 3.45. The number of hydrogen-bond donors (Lipinski definition) is 2. The zero-order valence-electron chi connectivity index (χ0n) is 11.8. The van der Waals surface area contributed by atoms with E-state index in [0.29, 0.717) is 12.4 Å². The lowest BCUT2D eigenvalue weighted by atomic mass is 10.1. The number of benzene rings is 1. The van der Waals surface area contributed by atoms with Crippen molar-refractivity contribution in [1.29, 1.82) is 0 Å². The van der Waals surface area contributed by atoms with Gasteiger partial charge >= 0.3 is 5.97 Å². The Morgan fingerprint density at radius 3 is 2.48 bits per heavy atom. The van der Waals surface area contributed by atoms with E-state index in [1.54, 1.807) is 12.1 Å². The molecule has 116 valence electrons. The van der Waals surface area contributed by atoms with Crippen LogP contribution < -0.4 is 9.46 Å². The van der Waals surface area contributed by atoms with Crippen LogP contribution in [0.2, 0.25) is 0 Å². The molecule has 7 heteroatoms. The average Bonchev–Trinajstić information content (AvgIpc) is 3.22. The highest BCUT2D eigenvalue weighted by molar-refractivity contribution is 7.89. The molecular formula is C14H19NO5S. The fraction of sp³-hybridized carbons (Fsp3) is 0.500. The Morgan fingerprint density at radius 2 is 2.00 bits per heavy atom. The van der Waals surface area contributed by atoms with E-state index >= 15 is 0 Å². The van der Waals surface area contributed by atoms with Crippen LogP contribution in [0.5, 0.6) is 5.75 Å². The van der Waals surface area contributed by atoms with Crippen LogP contribution >= 0.6 is 0 Å². The molecule has 1 unspecified atom stereocenters. The molecule has 21 heavy (non-hydrogen) atoms. The number of carbonyl (C=O) groups is 1. The molecule has 2 N–H and O–H groups in total. The van der Waals surface area contributed by atoms with Crippen molar-refractivity contribution >= 4 is 16.0 Å². The molecule has 1 fully saturated rings. The number of carboxylic acids is 1. The molecule has 1 aliphatic rings. The molecular weight excluding hydrogens is 294 g/mol. The van der Waals surface area contributed by atoms with E-state index in [1.165, 1.54) is 12.1 Å². The molecule has 0 amide bonds. The van der Waals surface area contributed by atoms with Gasteiger partial charge < -0.3 is 9.84 Å². The van der Waals surface area contributed by atoms with Crippen molar-refractivity contribution in [3.63, 3.8) is 0 Å². The third kappa shape index (κ3) is 4.44. The van der Waals surface area contributed by atoms with Gasteiger partial charge in [-0.25, -0.2) is 13.1 Å². The van der Waals surface area contributed by atoms with E-state index in [9.17, 15) is 13.2 Å². The van der Waals surface area contributed by atoms with Crippen molar-refractivity contribution in [2.75, 3.05) is 6.61 Å². The molecule has 0 heterocycles. The van der Waals surface area contributed by atoms with Crippen LogP contribution in [0.4, 0.5) is 0 Å². The lowest BCUT2D eigenvalue weighted by Gasteiger charge is -2.16. The second-order valence-corrected chi connectivity index (χ2v) is 6.78. The lowest BCUT2D eigenvalue weighted by molar-refractivity contribution is -0.137. The van der Waals surface area contributed by atoms with E-state index in [1.807, 2.05) is 6.92 Å². The molecule has 1 aliphatic carbocycles. The van der Waals surface area contributed by atoms with E-state index in [0.717, 1.165) is 12.8 Å². The quantitative estimate of drug-likeness (QED) is 0.760. The fourth-order valence-electron chi connectivity index (χ4n) is 2.14. The van der Waals surface area contributed by atoms with Crippen LogP contribution in [0, 0.1) is 5.92 Å². The van der Waals surface area contributed by atoms with E-state index in [2.05, 4.69) is 4.72 Å². The molecule has 0 radical (unpaired) electrons. The van der Waals surface area contributed by atoms with Gasteiger partial charge in [0.25, 0.3) is 0 Å². The first-order valence-corrected chi connectivity index (χ1v) is 8.37. The third-order valence-corrected chi connectivity index (χ3v) is 4.84. The highest BCUT2D eigenvalue weighted by atomic mass is 32.2. The van der Waals surface area contributed by atoms with Gasteiger partial charge in [-0.05, 0) is 49.9 Å². The Hall–Kier alpha value is -1.60. The monoisotopic (exact) mass is 313 g/mol. The Balaban J connectivity index is 2.10. The second-order valence-electron chi connectivity index (χ2n) is 5.07. The summed E-state index contributed by atoms with van der Waals surface area (Å²) in [7, 11) is -3.71. The van der Waals surface area contributed by atoms with Gasteiger partial charge in [-0.3, -0.25) is 4.79 Å². The summed E-state index contributed by atoms with van der Waals surface area (Å²) in [4.78, 5) is 10.9. The predicted octanol–water partition coefficient (Wildman–Crippen LogP) is 1.62. The Kier molecular flexibility index (Phi) is 4.84. The van der Waals surface area contributed by atoms with Gasteiger partial charge in [-0.2, -0.15) is 0 Å². The minimum Gasteiger partial charge on any atom is -0.494 e. The SMILES string of the molecule is CCOc1ccc(S(=O)(=O)NC(CC(=O)O)C2CC2)cc1. The zero-order chi connectivity index (χ0) is 15.5. The van der Waals surface area contributed by atoms with Gasteiger partial charge in [0.05, 0.1) is 17.9 Å². The molecule has 1 aromatic rings. The molecule has 0 saturated heterocycles. The summed E-state index contributed by atoms with van der Waals surface area (Å²) in [5.41, 5.74) is 0. The average molecular weight is 313 g/mol. The highest BCUT2D eigenvalue weighted by Crippen LogP contribution is 2.34. The number of nitrogens with one attached hydrogen (secondary N) is 1. The zero-order valence-corrected chi connectivity index (χ0v) is 12.6. The molecule has 1 aromatic carbocycles. The van der Waals surface area contributed by atoms with Crippen molar-refractivity contribution in [3.8, 4) is 5.75 Å². The van der Waals surface area contributed by atoms with Crippen LogP contribution in [-0.4, -0.2) is 32.1 Å². The standard InChI is InChI=1S/C14H19NO5S/c1-2-20-11-5-7-12(8-6-11)21(18,19)15-13(9-14(16)17)10-3-4-10/h5-8,10,13,15H,2-4,9H2,1H3,(H,16,17). The predicted molar refractivity (Wildman–Crippen MR) is 76.7 cm³/mol. The van der Waals surface area contributed by atoms with Crippen LogP contribution in [-0.2, 0) is 14.8 Å². The summed E-state index contributed by atoms with van der Waals surface area (Å²) in [6.07, 6.45) is 1.54. The van der Waals surface area contributed by atoms with E-state index in [-0.39, 0.29) is 17.2 Å². The Morgan fingerprint density at radius 1 is 1.38 bits per heavy atom. The first kappa shape index (κ1) is 15.8. The summed E-state index contributed by atoms with van der Waals surface area (Å²) in [5.74, 6) is -0.277. The van der Waals surface area contributed by atoms with Gasteiger partial charge in [0.1, 0.15) is 5.75 Å². The Bertz CT molecular complexity index is 592. The van der Waals surface area contributed by atoms with Gasteiger partial charge in [-0.15, -0.1) is 0 Å². The Labute approximate surface area is 124 Å². The van der Waals surface area contributed by atoms with Gasteiger partial charge in [0.15, 0.2) is 0 Å². The minimum absolute atomic E-state index is 0.113. The summed E-state index contributed by atoms with van der Waals surface area (Å²) in [6.45, 7) is 2.35. The summed E-state index contributed by atoms with van der Waals surface area (Å²) < 4.78 is 32.3. The largest absolute Gasteiger partial charge is 0.494 e. The topological polar surface area (TPSA) is 92.7 Å². The molecule has 1 saturated carbocycles. The molecule has 1 atom stereocenters. The first-order chi connectivity index (χ1) is 9.92. The second kappa shape index (κ2) is 6.44. The number of aliphatic carboxylic acids is 1. The van der Waals surface area contributed by atoms with E-state index in [4.69, 9.17) is 9.84 Å². The number of ether oxygens (including phenoxy) is 1. The van der Waals surface area contributed by atoms with Crippen molar-refractivity contribution < 1.29 is 23.1 Å². The molecule has 2 rings (SSSR count). The van der Waals surface area contributed by atoms with Crippen molar-refractivity contribution in [2.24, 2.45) is 5.92 Å². The number of sulfonamides is 1. The summed E-state index contributed by atoms with van der Waals surface area (Å²) in [5, 5.41) is 8.87. The summed E-state index contributed by atoms with van der Waals surface area (Å²) in [6, 6.07) is 5.54. The van der Waals surface area contributed by atoms with E-state index < -0.39 is 22.0 Å². The van der Waals surface area contributed by atoms with Gasteiger partial charge in [0, 0.05) is 6.04 Å². The normalized spacial score (nSPS) is 16.4. The number of rotatable bonds is 8. The maximum Gasteiger partial charge on any atom is 0.304 e. The van der Waals surface area contributed by atoms with Crippen molar-refractivity contribution in [3.05, 3.63) is 24.3 Å². The van der Waals surface area contributed by atoms with Crippen LogP contribution in [0.1, 0.15) is 26.2 Å². The van der Waals surface area contributed by atoms with Gasteiger partial charge in [-0.1, -0.05) is 0 Å². The third-order valence-electron chi connectivity index (χ3n) is 3.34. The molecule has 0 aromatic heterocycles. The smallest absolute Gasteiger partial charge is 0.304 e. The van der Waals surface area contributed by atoms with Crippen molar-refractivity contribution in [1.82, 2.24) is 4.72 Å². The van der Waals surface area contributed by atoms with Crippen LogP contribution in [0.25, 0.3) is 0 Å². The number of hydrogen-bond acceptors (Lipinski definition) is 4. The maximum absolute atomic E-state index is 12.3. The maximum atomic E-state index is 12.3. The van der Waals surface area contributed by atoms with Crippen LogP contribution in [0.15, 0.2) is 29.2 Å². The summed E-state index contributed by atoms with van der Waals surface area (Å²) >= 11 is 0. The van der Waals surface area contributed by atoms with Gasteiger partial charge in [0.2, 0.25) is 10.0 Å². The molecule has 0 aliphatic heterocycles. The lowest BCUT2D eigenvalue weighted by Crippen LogP contribution is -2.38. The minimum atomic E-state index is -3.71. The van der Waals surface area contributed by atoms with Crippen molar-refractivity contribution in [2.45, 2.75) is 37.1 Å². The molecule has 6 nitrogen and oxygen atoms in total.